The third kappa shape index (κ3) is 3.59. The van der Waals surface area contributed by atoms with Crippen molar-refractivity contribution in [1.29, 1.82) is 0 Å². The Balaban J connectivity index is 1.58. The molecule has 6 nitrogen and oxygen atoms in total. The molecule has 2 amide bonds. The van der Waals surface area contributed by atoms with Gasteiger partial charge < -0.3 is 10.6 Å². The van der Waals surface area contributed by atoms with E-state index in [-0.39, 0.29) is 17.9 Å². The maximum absolute atomic E-state index is 11.6. The minimum Gasteiger partial charge on any atom is -0.352 e. The van der Waals surface area contributed by atoms with E-state index < -0.39 is 0 Å². The van der Waals surface area contributed by atoms with Crippen LogP contribution in [0.2, 0.25) is 0 Å². The number of thiazole rings is 1. The highest BCUT2D eigenvalue weighted by atomic mass is 32.1. The van der Waals surface area contributed by atoms with Gasteiger partial charge >= 0.3 is 0 Å². The fourth-order valence-corrected chi connectivity index (χ4v) is 3.91. The van der Waals surface area contributed by atoms with Crippen LogP contribution in [0.1, 0.15) is 31.9 Å². The molecule has 7 heteroatoms. The minimum atomic E-state index is -0.0953. The van der Waals surface area contributed by atoms with Crippen molar-refractivity contribution < 1.29 is 9.59 Å². The maximum Gasteiger partial charge on any atom is 0.223 e. The number of fused-ring (bicyclic) bond motifs is 1. The Hall–Kier alpha value is -1.47. The smallest absolute Gasteiger partial charge is 0.223 e. The number of carbonyl (C=O) groups excluding carboxylic acids is 2. The first-order chi connectivity index (χ1) is 10.1. The van der Waals surface area contributed by atoms with Crippen LogP contribution in [0.15, 0.2) is 5.38 Å². The van der Waals surface area contributed by atoms with Crippen molar-refractivity contribution in [2.24, 2.45) is 5.92 Å². The lowest BCUT2D eigenvalue weighted by Crippen LogP contribution is -2.38. The average Bonchev–Trinajstić information content (AvgIpc) is 2.93. The molecule has 0 aromatic carbocycles. The number of aromatic nitrogens is 1. The van der Waals surface area contributed by atoms with E-state index in [1.165, 1.54) is 18.3 Å². The number of anilines is 1. The number of hydrogen-bond acceptors (Lipinski definition) is 5. The quantitative estimate of drug-likeness (QED) is 0.880. The minimum absolute atomic E-state index is 0.0953. The zero-order valence-corrected chi connectivity index (χ0v) is 12.9. The molecule has 2 unspecified atom stereocenters. The third-order valence-corrected chi connectivity index (χ3v) is 4.87. The molecule has 2 aliphatic rings. The third-order valence-electron chi connectivity index (χ3n) is 4.06. The van der Waals surface area contributed by atoms with Gasteiger partial charge in [-0.25, -0.2) is 4.98 Å². The number of nitrogens with one attached hydrogen (secondary N) is 2. The van der Waals surface area contributed by atoms with Gasteiger partial charge in [0.05, 0.1) is 5.69 Å². The molecule has 2 N–H and O–H groups in total. The highest BCUT2D eigenvalue weighted by Crippen LogP contribution is 2.27. The fraction of sp³-hybridized carbons (Fsp3) is 0.643. The lowest BCUT2D eigenvalue weighted by Gasteiger charge is -2.15. The van der Waals surface area contributed by atoms with Crippen LogP contribution in [0.25, 0.3) is 0 Å². The summed E-state index contributed by atoms with van der Waals surface area (Å²) >= 11 is 1.45. The lowest BCUT2D eigenvalue weighted by atomic mass is 9.99. The van der Waals surface area contributed by atoms with Crippen LogP contribution < -0.4 is 10.6 Å². The summed E-state index contributed by atoms with van der Waals surface area (Å²) in [5.74, 6) is 0.651. The molecule has 21 heavy (non-hydrogen) atoms. The second kappa shape index (κ2) is 6.11. The van der Waals surface area contributed by atoms with Crippen molar-refractivity contribution in [2.45, 2.75) is 38.8 Å². The van der Waals surface area contributed by atoms with Crippen LogP contribution in [-0.4, -0.2) is 40.8 Å². The molecular formula is C14H20N4O2S. The SMILES string of the molecule is CC(=O)Nc1nc(CN2CC3CCCC(=O)NC3C2)cs1. The fourth-order valence-electron chi connectivity index (χ4n) is 3.17. The van der Waals surface area contributed by atoms with E-state index in [2.05, 4.69) is 20.5 Å². The summed E-state index contributed by atoms with van der Waals surface area (Å²) in [5.41, 5.74) is 0.978. The lowest BCUT2D eigenvalue weighted by molar-refractivity contribution is -0.121. The number of nitrogens with zero attached hydrogens (tertiary/aromatic N) is 2. The molecule has 2 fully saturated rings. The van der Waals surface area contributed by atoms with Gasteiger partial charge in [0.25, 0.3) is 0 Å². The number of likely N-dealkylation sites (tertiary alicyclic amines) is 1. The molecule has 1 aromatic rings. The van der Waals surface area contributed by atoms with Gasteiger partial charge in [-0.1, -0.05) is 0 Å². The van der Waals surface area contributed by atoms with Gasteiger partial charge in [0.15, 0.2) is 5.13 Å². The maximum atomic E-state index is 11.6. The van der Waals surface area contributed by atoms with Gasteiger partial charge in [-0.3, -0.25) is 14.5 Å². The molecule has 3 heterocycles. The zero-order valence-electron chi connectivity index (χ0n) is 12.1. The molecule has 2 saturated heterocycles. The zero-order chi connectivity index (χ0) is 14.8. The predicted molar refractivity (Wildman–Crippen MR) is 81.0 cm³/mol. The Kier molecular flexibility index (Phi) is 4.21. The van der Waals surface area contributed by atoms with E-state index in [0.29, 0.717) is 17.5 Å². The van der Waals surface area contributed by atoms with E-state index in [4.69, 9.17) is 0 Å². The summed E-state index contributed by atoms with van der Waals surface area (Å²) in [5, 5.41) is 8.48. The van der Waals surface area contributed by atoms with Crippen molar-refractivity contribution in [1.82, 2.24) is 15.2 Å². The first-order valence-corrected chi connectivity index (χ1v) is 8.22. The highest BCUT2D eigenvalue weighted by molar-refractivity contribution is 7.13. The Bertz CT molecular complexity index is 545. The van der Waals surface area contributed by atoms with Crippen molar-refractivity contribution in [2.75, 3.05) is 18.4 Å². The predicted octanol–water partition coefficient (Wildman–Crippen LogP) is 1.20. The summed E-state index contributed by atoms with van der Waals surface area (Å²) in [4.78, 5) is 29.4. The average molecular weight is 308 g/mol. The van der Waals surface area contributed by atoms with E-state index >= 15 is 0 Å². The van der Waals surface area contributed by atoms with Crippen LogP contribution >= 0.6 is 11.3 Å². The van der Waals surface area contributed by atoms with Crippen LogP contribution in [0.3, 0.4) is 0 Å². The molecule has 0 bridgehead atoms. The summed E-state index contributed by atoms with van der Waals surface area (Å²) in [6.45, 7) is 4.16. The summed E-state index contributed by atoms with van der Waals surface area (Å²) < 4.78 is 0. The van der Waals surface area contributed by atoms with Crippen molar-refractivity contribution in [3.8, 4) is 0 Å². The number of hydrogen-bond donors (Lipinski definition) is 2. The van der Waals surface area contributed by atoms with Gasteiger partial charge in [0, 0.05) is 44.4 Å². The van der Waals surface area contributed by atoms with Gasteiger partial charge in [0.1, 0.15) is 0 Å². The molecular weight excluding hydrogens is 288 g/mol. The monoisotopic (exact) mass is 308 g/mol. The number of carbonyl (C=O) groups is 2. The topological polar surface area (TPSA) is 74.3 Å². The van der Waals surface area contributed by atoms with E-state index in [9.17, 15) is 9.59 Å². The second-order valence-electron chi connectivity index (χ2n) is 5.85. The number of rotatable bonds is 3. The van der Waals surface area contributed by atoms with Crippen LogP contribution in [0.4, 0.5) is 5.13 Å². The van der Waals surface area contributed by atoms with Gasteiger partial charge in [-0.2, -0.15) is 0 Å². The Morgan fingerprint density at radius 1 is 1.57 bits per heavy atom. The normalized spacial score (nSPS) is 26.0. The van der Waals surface area contributed by atoms with Crippen molar-refractivity contribution in [3.63, 3.8) is 0 Å². The van der Waals surface area contributed by atoms with E-state index in [0.717, 1.165) is 38.2 Å². The Morgan fingerprint density at radius 3 is 3.24 bits per heavy atom. The van der Waals surface area contributed by atoms with Gasteiger partial charge in [-0.05, 0) is 18.8 Å². The second-order valence-corrected chi connectivity index (χ2v) is 6.70. The van der Waals surface area contributed by atoms with Crippen LogP contribution in [-0.2, 0) is 16.1 Å². The van der Waals surface area contributed by atoms with Gasteiger partial charge in [-0.15, -0.1) is 11.3 Å². The Morgan fingerprint density at radius 2 is 2.43 bits per heavy atom. The molecule has 0 spiro atoms. The molecule has 3 rings (SSSR count). The molecule has 2 atom stereocenters. The molecule has 0 aliphatic carbocycles. The first-order valence-electron chi connectivity index (χ1n) is 7.34. The Labute approximate surface area is 127 Å². The van der Waals surface area contributed by atoms with E-state index in [1.807, 2.05) is 5.38 Å². The molecule has 2 aliphatic heterocycles. The molecule has 0 saturated carbocycles. The van der Waals surface area contributed by atoms with E-state index in [1.54, 1.807) is 0 Å². The largest absolute Gasteiger partial charge is 0.352 e. The summed E-state index contributed by atoms with van der Waals surface area (Å²) in [6, 6.07) is 0.286. The van der Waals surface area contributed by atoms with Crippen LogP contribution in [0, 0.1) is 5.92 Å². The highest BCUT2D eigenvalue weighted by Gasteiger charge is 2.35. The van der Waals surface area contributed by atoms with Crippen molar-refractivity contribution >= 4 is 28.3 Å². The molecule has 1 aromatic heterocycles. The standard InChI is InChI=1S/C14H20N4O2S/c1-9(19)15-14-16-11(8-21-14)6-18-5-10-3-2-4-13(20)17-12(10)7-18/h8,10,12H,2-7H2,1H3,(H,17,20)(H,15,16,19). The summed E-state index contributed by atoms with van der Waals surface area (Å²) in [6.07, 6.45) is 2.78. The number of amides is 2. The summed E-state index contributed by atoms with van der Waals surface area (Å²) in [7, 11) is 0. The van der Waals surface area contributed by atoms with Crippen LogP contribution in [0.5, 0.6) is 0 Å². The van der Waals surface area contributed by atoms with Crippen molar-refractivity contribution in [3.05, 3.63) is 11.1 Å². The molecule has 114 valence electrons. The molecule has 0 radical (unpaired) electrons. The van der Waals surface area contributed by atoms with Gasteiger partial charge in [0.2, 0.25) is 11.8 Å². The first kappa shape index (κ1) is 14.5.